The van der Waals surface area contributed by atoms with Crippen LogP contribution in [0.15, 0.2) is 48.5 Å². The molecule has 0 aliphatic carbocycles. The second kappa shape index (κ2) is 6.95. The molecular weight excluding hydrogens is 365 g/mol. The molecule has 0 spiro atoms. The van der Waals surface area contributed by atoms with Crippen molar-refractivity contribution in [1.82, 2.24) is 0 Å². The number of hydrogen-bond donors (Lipinski definition) is 1. The molecule has 0 aliphatic heterocycles. The maximum atomic E-state index is 6.07. The molecule has 0 amide bonds. The molecule has 2 atom stereocenters. The molecule has 0 saturated heterocycles. The molecule has 0 saturated carbocycles. The Kier molecular flexibility index (Phi) is 5.25. The first-order valence-electron chi connectivity index (χ1n) is 6.42. The van der Waals surface area contributed by atoms with Crippen LogP contribution in [0.1, 0.15) is 18.6 Å². The third-order valence-electron chi connectivity index (χ3n) is 2.98. The van der Waals surface area contributed by atoms with Gasteiger partial charge in [0.05, 0.1) is 7.11 Å². The van der Waals surface area contributed by atoms with E-state index < -0.39 is 0 Å². The van der Waals surface area contributed by atoms with Crippen LogP contribution in [0.25, 0.3) is 0 Å². The highest BCUT2D eigenvalue weighted by Crippen LogP contribution is 2.27. The Bertz CT molecular complexity index is 555. The van der Waals surface area contributed by atoms with Crippen LogP contribution in [0, 0.1) is 3.57 Å². The van der Waals surface area contributed by atoms with Crippen LogP contribution in [0.2, 0.25) is 0 Å². The third kappa shape index (κ3) is 3.86. The molecule has 20 heavy (non-hydrogen) atoms. The van der Waals surface area contributed by atoms with Crippen molar-refractivity contribution in [2.75, 3.05) is 7.11 Å². The number of methoxy groups -OCH3 is 1. The lowest BCUT2D eigenvalue weighted by atomic mass is 10.0. The summed E-state index contributed by atoms with van der Waals surface area (Å²) in [5.41, 5.74) is 7.08. The fourth-order valence-electron chi connectivity index (χ4n) is 1.96. The van der Waals surface area contributed by atoms with E-state index in [0.717, 1.165) is 17.1 Å². The summed E-state index contributed by atoms with van der Waals surface area (Å²) in [6.07, 6.45) is -0.204. The normalized spacial score (nSPS) is 13.6. The van der Waals surface area contributed by atoms with Gasteiger partial charge in [-0.3, -0.25) is 0 Å². The molecule has 0 aromatic heterocycles. The maximum Gasteiger partial charge on any atom is 0.139 e. The van der Waals surface area contributed by atoms with Crippen LogP contribution in [-0.4, -0.2) is 13.2 Å². The molecule has 2 aromatic carbocycles. The minimum atomic E-state index is -0.204. The van der Waals surface area contributed by atoms with Crippen LogP contribution in [0.3, 0.4) is 0 Å². The molecule has 0 aliphatic rings. The third-order valence-corrected chi connectivity index (χ3v) is 3.70. The number of rotatable bonds is 5. The fraction of sp³-hybridized carbons (Fsp3) is 0.250. The fourth-order valence-corrected chi connectivity index (χ4v) is 2.32. The second-order valence-electron chi connectivity index (χ2n) is 4.63. The highest BCUT2D eigenvalue weighted by Gasteiger charge is 2.18. The van der Waals surface area contributed by atoms with Crippen molar-refractivity contribution in [1.29, 1.82) is 0 Å². The van der Waals surface area contributed by atoms with E-state index in [1.807, 2.05) is 55.5 Å². The van der Waals surface area contributed by atoms with Gasteiger partial charge in [0.2, 0.25) is 0 Å². The molecule has 106 valence electrons. The van der Waals surface area contributed by atoms with Gasteiger partial charge >= 0.3 is 0 Å². The predicted molar refractivity (Wildman–Crippen MR) is 89.2 cm³/mol. The van der Waals surface area contributed by atoms with Crippen molar-refractivity contribution in [2.45, 2.75) is 19.1 Å². The van der Waals surface area contributed by atoms with Crippen molar-refractivity contribution >= 4 is 22.6 Å². The largest absolute Gasteiger partial charge is 0.497 e. The molecule has 4 heteroatoms. The summed E-state index contributed by atoms with van der Waals surface area (Å²) in [6.45, 7) is 1.94. The van der Waals surface area contributed by atoms with Crippen LogP contribution < -0.4 is 15.2 Å². The Hall–Kier alpha value is -1.27. The van der Waals surface area contributed by atoms with E-state index >= 15 is 0 Å². The average molecular weight is 383 g/mol. The summed E-state index contributed by atoms with van der Waals surface area (Å²) in [7, 11) is 1.65. The van der Waals surface area contributed by atoms with Crippen molar-refractivity contribution < 1.29 is 9.47 Å². The zero-order chi connectivity index (χ0) is 14.5. The second-order valence-corrected chi connectivity index (χ2v) is 5.87. The zero-order valence-electron chi connectivity index (χ0n) is 11.5. The van der Waals surface area contributed by atoms with E-state index in [-0.39, 0.29) is 12.1 Å². The molecule has 2 N–H and O–H groups in total. The number of nitrogens with two attached hydrogens (primary N) is 1. The van der Waals surface area contributed by atoms with Crippen LogP contribution in [0.5, 0.6) is 11.5 Å². The van der Waals surface area contributed by atoms with Gasteiger partial charge in [0.25, 0.3) is 0 Å². The van der Waals surface area contributed by atoms with Crippen LogP contribution in [0.4, 0.5) is 0 Å². The van der Waals surface area contributed by atoms with E-state index in [9.17, 15) is 0 Å². The summed E-state index contributed by atoms with van der Waals surface area (Å²) in [6, 6.07) is 15.6. The molecule has 3 nitrogen and oxygen atoms in total. The van der Waals surface area contributed by atoms with Gasteiger partial charge in [-0.2, -0.15) is 0 Å². The molecule has 0 radical (unpaired) electrons. The molecule has 0 heterocycles. The summed E-state index contributed by atoms with van der Waals surface area (Å²) in [5.74, 6) is 1.62. The Morgan fingerprint density at radius 3 is 2.35 bits per heavy atom. The number of hydrogen-bond acceptors (Lipinski definition) is 3. The molecule has 2 rings (SSSR count). The van der Waals surface area contributed by atoms with E-state index in [1.165, 1.54) is 3.57 Å². The molecule has 0 fully saturated rings. The first-order chi connectivity index (χ1) is 9.60. The van der Waals surface area contributed by atoms with Gasteiger partial charge in [-0.25, -0.2) is 0 Å². The first kappa shape index (κ1) is 15.1. The lowest BCUT2D eigenvalue weighted by molar-refractivity contribution is 0.180. The molecule has 0 bridgehead atoms. The summed E-state index contributed by atoms with van der Waals surface area (Å²) in [4.78, 5) is 0. The Morgan fingerprint density at radius 2 is 1.75 bits per heavy atom. The highest BCUT2D eigenvalue weighted by molar-refractivity contribution is 14.1. The van der Waals surface area contributed by atoms with E-state index in [0.29, 0.717) is 0 Å². The minimum absolute atomic E-state index is 0.124. The number of benzene rings is 2. The topological polar surface area (TPSA) is 44.5 Å². The number of ether oxygens (including phenoxy) is 2. The van der Waals surface area contributed by atoms with Crippen molar-refractivity contribution in [3.8, 4) is 11.5 Å². The summed E-state index contributed by atoms with van der Waals surface area (Å²) in [5, 5.41) is 0. The van der Waals surface area contributed by atoms with Crippen LogP contribution >= 0.6 is 22.6 Å². The van der Waals surface area contributed by atoms with E-state index in [2.05, 4.69) is 22.6 Å². The van der Waals surface area contributed by atoms with Crippen molar-refractivity contribution in [3.63, 3.8) is 0 Å². The molecular formula is C16H18INO2. The first-order valence-corrected chi connectivity index (χ1v) is 7.50. The summed E-state index contributed by atoms with van der Waals surface area (Å²) >= 11 is 2.27. The van der Waals surface area contributed by atoms with Crippen molar-refractivity contribution in [2.24, 2.45) is 5.73 Å². The Morgan fingerprint density at radius 1 is 1.05 bits per heavy atom. The highest BCUT2D eigenvalue weighted by atomic mass is 127. The lowest BCUT2D eigenvalue weighted by Crippen LogP contribution is -2.29. The van der Waals surface area contributed by atoms with Crippen molar-refractivity contribution in [3.05, 3.63) is 57.7 Å². The van der Waals surface area contributed by atoms with Gasteiger partial charge < -0.3 is 15.2 Å². The number of halogens is 1. The van der Waals surface area contributed by atoms with E-state index in [1.54, 1.807) is 7.11 Å². The Labute approximate surface area is 133 Å². The summed E-state index contributed by atoms with van der Waals surface area (Å²) < 4.78 is 12.5. The van der Waals surface area contributed by atoms with Gasteiger partial charge in [0.1, 0.15) is 17.6 Å². The van der Waals surface area contributed by atoms with Gasteiger partial charge in [-0.05, 0) is 71.5 Å². The quantitative estimate of drug-likeness (QED) is 0.800. The lowest BCUT2D eigenvalue weighted by Gasteiger charge is -2.23. The molecule has 2 aromatic rings. The standard InChI is InChI=1S/C16H18INO2/c1-11(18)16(12-4-3-5-15(10-12)19-2)20-14-8-6-13(17)7-9-14/h3-11,16H,18H2,1-2H3. The Balaban J connectivity index is 2.24. The zero-order valence-corrected chi connectivity index (χ0v) is 13.7. The molecule has 2 unspecified atom stereocenters. The van der Waals surface area contributed by atoms with Gasteiger partial charge in [-0.1, -0.05) is 12.1 Å². The van der Waals surface area contributed by atoms with Gasteiger partial charge in [0, 0.05) is 9.61 Å². The average Bonchev–Trinajstić information content (AvgIpc) is 2.46. The van der Waals surface area contributed by atoms with Gasteiger partial charge in [-0.15, -0.1) is 0 Å². The minimum Gasteiger partial charge on any atom is -0.497 e. The smallest absolute Gasteiger partial charge is 0.139 e. The SMILES string of the molecule is COc1cccc(C(Oc2ccc(I)cc2)C(C)N)c1. The van der Waals surface area contributed by atoms with Gasteiger partial charge in [0.15, 0.2) is 0 Å². The predicted octanol–water partition coefficient (Wildman–Crippen LogP) is 3.77. The van der Waals surface area contributed by atoms with Crippen LogP contribution in [-0.2, 0) is 0 Å². The monoisotopic (exact) mass is 383 g/mol. The maximum absolute atomic E-state index is 6.07. The van der Waals surface area contributed by atoms with E-state index in [4.69, 9.17) is 15.2 Å².